The highest BCUT2D eigenvalue weighted by Crippen LogP contribution is 2.28. The van der Waals surface area contributed by atoms with Crippen molar-refractivity contribution >= 4 is 28.7 Å². The normalized spacial score (nSPS) is 20.1. The molecular weight excluding hydrogens is 358 g/mol. The minimum Gasteiger partial charge on any atom is -0.337 e. The number of amides is 1. The van der Waals surface area contributed by atoms with Crippen molar-refractivity contribution in [2.24, 2.45) is 0 Å². The molecule has 140 valence electrons. The van der Waals surface area contributed by atoms with Gasteiger partial charge in [-0.2, -0.15) is 5.10 Å². The third-order valence-electron chi connectivity index (χ3n) is 5.14. The summed E-state index contributed by atoms with van der Waals surface area (Å²) in [5.74, 6) is 0.569. The molecule has 7 heteroatoms. The molecule has 6 nitrogen and oxygen atoms in total. The maximum Gasteiger partial charge on any atom is 0.233 e. The van der Waals surface area contributed by atoms with E-state index in [2.05, 4.69) is 28.9 Å². The molecule has 0 radical (unpaired) electrons. The zero-order valence-electron chi connectivity index (χ0n) is 15.6. The predicted octanol–water partition coefficient (Wildman–Crippen LogP) is 3.70. The highest BCUT2D eigenvalue weighted by molar-refractivity contribution is 8.00. The number of carbonyl (C=O) groups excluding carboxylic acids is 1. The van der Waals surface area contributed by atoms with Gasteiger partial charge in [-0.1, -0.05) is 30.0 Å². The van der Waals surface area contributed by atoms with Crippen LogP contribution in [0.5, 0.6) is 0 Å². The highest BCUT2D eigenvalue weighted by Gasteiger charge is 2.28. The van der Waals surface area contributed by atoms with Crippen molar-refractivity contribution in [2.45, 2.75) is 50.2 Å². The van der Waals surface area contributed by atoms with Gasteiger partial charge in [0.2, 0.25) is 5.91 Å². The van der Waals surface area contributed by atoms with Crippen LogP contribution in [0.4, 0.5) is 0 Å². The van der Waals surface area contributed by atoms with Crippen LogP contribution in [-0.2, 0) is 4.79 Å². The minimum atomic E-state index is 0.182. The number of para-hydroxylation sites is 1. The Morgan fingerprint density at radius 1 is 1.15 bits per heavy atom. The van der Waals surface area contributed by atoms with Crippen LogP contribution < -0.4 is 0 Å². The molecule has 3 heterocycles. The number of benzene rings is 1. The fourth-order valence-corrected chi connectivity index (χ4v) is 4.64. The Labute approximate surface area is 163 Å². The number of hydrogen-bond donors (Lipinski definition) is 0. The van der Waals surface area contributed by atoms with E-state index >= 15 is 0 Å². The number of carbonyl (C=O) groups is 1. The topological polar surface area (TPSA) is 63.9 Å². The van der Waals surface area contributed by atoms with Crippen LogP contribution in [0.3, 0.4) is 0 Å². The summed E-state index contributed by atoms with van der Waals surface area (Å²) in [5.41, 5.74) is 1.71. The second kappa shape index (κ2) is 7.68. The summed E-state index contributed by atoms with van der Waals surface area (Å²) in [6.45, 7) is 4.29. The van der Waals surface area contributed by atoms with E-state index in [0.717, 1.165) is 34.6 Å². The molecule has 1 aromatic carbocycles. The maximum atomic E-state index is 12.8. The van der Waals surface area contributed by atoms with Crippen LogP contribution in [0.1, 0.15) is 33.1 Å². The van der Waals surface area contributed by atoms with Gasteiger partial charge in [0, 0.05) is 12.1 Å². The molecule has 1 fully saturated rings. The Hall–Kier alpha value is -2.41. The van der Waals surface area contributed by atoms with Gasteiger partial charge in [0.25, 0.3) is 0 Å². The number of rotatable bonds is 4. The van der Waals surface area contributed by atoms with E-state index in [1.165, 1.54) is 18.2 Å². The SMILES string of the molecule is C[C@@H]1CCC[C@H](C)N1C(=O)CSc1ncnc2c1cnn2-c1ccccc1. The fourth-order valence-electron chi connectivity index (χ4n) is 3.81. The average Bonchev–Trinajstić information content (AvgIpc) is 3.11. The molecule has 0 bridgehead atoms. The molecule has 0 unspecified atom stereocenters. The van der Waals surface area contributed by atoms with Crippen molar-refractivity contribution in [2.75, 3.05) is 5.75 Å². The van der Waals surface area contributed by atoms with Crippen molar-refractivity contribution in [1.29, 1.82) is 0 Å². The fraction of sp³-hybridized carbons (Fsp3) is 0.400. The van der Waals surface area contributed by atoms with E-state index in [1.807, 2.05) is 35.2 Å². The van der Waals surface area contributed by atoms with Crippen molar-refractivity contribution in [3.8, 4) is 5.69 Å². The van der Waals surface area contributed by atoms with Gasteiger partial charge < -0.3 is 4.90 Å². The standard InChI is InChI=1S/C20H23N5OS/c1-14-7-6-8-15(2)24(14)18(26)12-27-20-17-11-23-25(19(17)21-13-22-20)16-9-4-3-5-10-16/h3-5,9-11,13-15H,6-8,12H2,1-2H3/t14-,15+. The number of likely N-dealkylation sites (tertiary alicyclic amines) is 1. The molecule has 2 atom stereocenters. The third-order valence-corrected chi connectivity index (χ3v) is 6.13. The van der Waals surface area contributed by atoms with Gasteiger partial charge in [0.1, 0.15) is 11.4 Å². The van der Waals surface area contributed by atoms with Gasteiger partial charge in [0.15, 0.2) is 5.65 Å². The zero-order valence-corrected chi connectivity index (χ0v) is 16.4. The molecule has 0 spiro atoms. The summed E-state index contributed by atoms with van der Waals surface area (Å²) < 4.78 is 1.80. The first kappa shape index (κ1) is 18.0. The molecule has 27 heavy (non-hydrogen) atoms. The quantitative estimate of drug-likeness (QED) is 0.509. The lowest BCUT2D eigenvalue weighted by Gasteiger charge is -2.39. The summed E-state index contributed by atoms with van der Waals surface area (Å²) >= 11 is 1.47. The largest absolute Gasteiger partial charge is 0.337 e. The minimum absolute atomic E-state index is 0.182. The van der Waals surface area contributed by atoms with Gasteiger partial charge in [-0.15, -0.1) is 0 Å². The molecule has 1 aliphatic heterocycles. The lowest BCUT2D eigenvalue weighted by molar-refractivity contribution is -0.134. The van der Waals surface area contributed by atoms with E-state index in [9.17, 15) is 4.79 Å². The monoisotopic (exact) mass is 381 g/mol. The van der Waals surface area contributed by atoms with E-state index in [4.69, 9.17) is 0 Å². The Kier molecular flexibility index (Phi) is 5.11. The summed E-state index contributed by atoms with van der Waals surface area (Å²) in [4.78, 5) is 23.6. The van der Waals surface area contributed by atoms with Gasteiger partial charge in [-0.25, -0.2) is 14.6 Å². The summed E-state index contributed by atoms with van der Waals surface area (Å²) in [6.07, 6.45) is 6.69. The number of fused-ring (bicyclic) bond motifs is 1. The lowest BCUT2D eigenvalue weighted by atomic mass is 9.98. The molecule has 4 rings (SSSR count). The molecule has 2 aromatic heterocycles. The summed E-state index contributed by atoms with van der Waals surface area (Å²) in [7, 11) is 0. The molecule has 3 aromatic rings. The molecule has 0 aliphatic carbocycles. The molecule has 1 saturated heterocycles. The Bertz CT molecular complexity index is 932. The van der Waals surface area contributed by atoms with Crippen LogP contribution in [-0.4, -0.2) is 48.4 Å². The number of hydrogen-bond acceptors (Lipinski definition) is 5. The van der Waals surface area contributed by atoms with Gasteiger partial charge >= 0.3 is 0 Å². The number of thioether (sulfide) groups is 1. The van der Waals surface area contributed by atoms with Crippen molar-refractivity contribution < 1.29 is 4.79 Å². The Balaban J connectivity index is 1.55. The lowest BCUT2D eigenvalue weighted by Crippen LogP contribution is -2.48. The Morgan fingerprint density at radius 2 is 1.89 bits per heavy atom. The third kappa shape index (κ3) is 3.56. The first-order valence-corrected chi connectivity index (χ1v) is 10.3. The van der Waals surface area contributed by atoms with E-state index in [1.54, 1.807) is 17.2 Å². The first-order chi connectivity index (χ1) is 13.1. The van der Waals surface area contributed by atoms with Crippen molar-refractivity contribution in [3.63, 3.8) is 0 Å². The molecule has 1 aliphatic rings. The van der Waals surface area contributed by atoms with E-state index in [-0.39, 0.29) is 5.91 Å². The van der Waals surface area contributed by atoms with Gasteiger partial charge in [0.05, 0.1) is 23.0 Å². The van der Waals surface area contributed by atoms with E-state index in [0.29, 0.717) is 17.8 Å². The van der Waals surface area contributed by atoms with Crippen LogP contribution in [0, 0.1) is 0 Å². The summed E-state index contributed by atoms with van der Waals surface area (Å²) in [5, 5.41) is 6.15. The predicted molar refractivity (Wildman–Crippen MR) is 107 cm³/mol. The molecule has 0 saturated carbocycles. The second-order valence-electron chi connectivity index (χ2n) is 7.03. The first-order valence-electron chi connectivity index (χ1n) is 9.33. The number of aromatic nitrogens is 4. The zero-order chi connectivity index (χ0) is 18.8. The average molecular weight is 382 g/mol. The van der Waals surface area contributed by atoms with Crippen LogP contribution in [0.15, 0.2) is 47.9 Å². The molecular formula is C20H23N5OS. The van der Waals surface area contributed by atoms with Crippen molar-refractivity contribution in [3.05, 3.63) is 42.9 Å². The highest BCUT2D eigenvalue weighted by atomic mass is 32.2. The number of nitrogens with zero attached hydrogens (tertiary/aromatic N) is 5. The summed E-state index contributed by atoms with van der Waals surface area (Å²) in [6, 6.07) is 10.5. The Morgan fingerprint density at radius 3 is 2.63 bits per heavy atom. The van der Waals surface area contributed by atoms with Crippen LogP contribution >= 0.6 is 11.8 Å². The molecule has 1 amide bonds. The van der Waals surface area contributed by atoms with Gasteiger partial charge in [-0.3, -0.25) is 4.79 Å². The van der Waals surface area contributed by atoms with E-state index < -0.39 is 0 Å². The van der Waals surface area contributed by atoms with Gasteiger partial charge in [-0.05, 0) is 45.2 Å². The second-order valence-corrected chi connectivity index (χ2v) is 7.99. The van der Waals surface area contributed by atoms with Crippen LogP contribution in [0.25, 0.3) is 16.7 Å². The maximum absolute atomic E-state index is 12.8. The molecule has 0 N–H and O–H groups in total. The number of piperidine rings is 1. The smallest absolute Gasteiger partial charge is 0.233 e. The van der Waals surface area contributed by atoms with Crippen molar-refractivity contribution in [1.82, 2.24) is 24.6 Å². The van der Waals surface area contributed by atoms with Crippen LogP contribution in [0.2, 0.25) is 0 Å².